The monoisotopic (exact) mass is 495 g/mol. The molecule has 0 saturated carbocycles. The summed E-state index contributed by atoms with van der Waals surface area (Å²) in [4.78, 5) is 39.6. The molecule has 3 aromatic carbocycles. The van der Waals surface area contributed by atoms with E-state index in [1.165, 1.54) is 0 Å². The Bertz CT molecular complexity index is 1150. The number of rotatable bonds is 11. The van der Waals surface area contributed by atoms with Crippen molar-refractivity contribution in [3.8, 4) is 0 Å². The third-order valence-corrected chi connectivity index (χ3v) is 6.12. The Kier molecular flexibility index (Phi) is 10.3. The molecule has 2 amide bonds. The van der Waals surface area contributed by atoms with Crippen LogP contribution >= 0.6 is 0 Å². The second-order valence-corrected chi connectivity index (χ2v) is 8.66. The van der Waals surface area contributed by atoms with Gasteiger partial charge in [-0.1, -0.05) is 91.0 Å². The molecule has 1 unspecified atom stereocenters. The summed E-state index contributed by atoms with van der Waals surface area (Å²) in [7, 11) is 0. The number of carboxylic acids is 1. The van der Waals surface area contributed by atoms with Crippen molar-refractivity contribution in [2.24, 2.45) is 0 Å². The number of carbonyl (C=O) groups is 3. The van der Waals surface area contributed by atoms with Crippen molar-refractivity contribution in [3.63, 3.8) is 0 Å². The van der Waals surface area contributed by atoms with Crippen LogP contribution in [0.25, 0.3) is 0 Å². The zero-order chi connectivity index (χ0) is 24.6. The first-order valence-corrected chi connectivity index (χ1v) is 11.7. The summed E-state index contributed by atoms with van der Waals surface area (Å²) in [6, 6.07) is 26.2. The first kappa shape index (κ1) is 27.6. The van der Waals surface area contributed by atoms with Gasteiger partial charge in [0.05, 0.1) is 0 Å². The molecule has 0 spiro atoms. The van der Waals surface area contributed by atoms with Gasteiger partial charge < -0.3 is 15.7 Å². The van der Waals surface area contributed by atoms with Crippen LogP contribution < -0.4 is 10.6 Å². The Morgan fingerprint density at radius 3 is 1.86 bits per heavy atom. The number of carboxylic acid groups (broad SMARTS) is 1. The van der Waals surface area contributed by atoms with Crippen LogP contribution in [0.2, 0.25) is 0 Å². The predicted octanol–water partition coefficient (Wildman–Crippen LogP) is 1.76. The molecule has 7 nitrogen and oxygen atoms in total. The number of hydrogen-bond acceptors (Lipinski definition) is 4. The summed E-state index contributed by atoms with van der Waals surface area (Å²) in [5, 5.41) is 15.4. The maximum absolute atomic E-state index is 13.1. The number of hydrogen-bond donors (Lipinski definition) is 3. The molecule has 0 bridgehead atoms. The summed E-state index contributed by atoms with van der Waals surface area (Å²) >= 11 is 0. The van der Waals surface area contributed by atoms with Crippen molar-refractivity contribution in [3.05, 3.63) is 108 Å². The van der Waals surface area contributed by atoms with Gasteiger partial charge in [-0.15, -0.1) is 0 Å². The molecule has 3 N–H and O–H groups in total. The summed E-state index contributed by atoms with van der Waals surface area (Å²) in [5.74, 6) is -1.79. The van der Waals surface area contributed by atoms with E-state index in [1.807, 2.05) is 91.0 Å². The van der Waals surface area contributed by atoms with E-state index >= 15 is 0 Å². The second-order valence-electron chi connectivity index (χ2n) is 8.66. The van der Waals surface area contributed by atoms with Crippen molar-refractivity contribution in [2.75, 3.05) is 6.54 Å². The Balaban J connectivity index is 0.00000361. The molecule has 1 saturated heterocycles. The van der Waals surface area contributed by atoms with Crippen molar-refractivity contribution in [2.45, 2.75) is 37.5 Å². The van der Waals surface area contributed by atoms with E-state index in [9.17, 15) is 19.5 Å². The van der Waals surface area contributed by atoms with Crippen LogP contribution in [0.15, 0.2) is 91.0 Å². The SMILES string of the molecule is O=C(NCCc1ccccc1)[C@H](Cc1ccccc1)NC(=O)[C@@H]1[C@@H](C(=O)O)N1Cc1ccccc1.[NaH]. The normalized spacial score (nSPS) is 18.8. The van der Waals surface area contributed by atoms with Crippen LogP contribution in [0.4, 0.5) is 0 Å². The molecule has 8 heteroatoms. The Morgan fingerprint density at radius 2 is 1.31 bits per heavy atom. The van der Waals surface area contributed by atoms with Gasteiger partial charge in [0, 0.05) is 19.5 Å². The number of benzene rings is 3. The summed E-state index contributed by atoms with van der Waals surface area (Å²) < 4.78 is 0. The first-order valence-electron chi connectivity index (χ1n) is 11.7. The Hall–Kier alpha value is -2.97. The number of aliphatic carboxylic acids is 1. The molecule has 36 heavy (non-hydrogen) atoms. The van der Waals surface area contributed by atoms with Gasteiger partial charge in [0.25, 0.3) is 0 Å². The molecular weight excluding hydrogens is 465 g/mol. The van der Waals surface area contributed by atoms with Gasteiger partial charge in [-0.05, 0) is 23.1 Å². The van der Waals surface area contributed by atoms with Crippen LogP contribution in [-0.2, 0) is 33.8 Å². The molecule has 4 atom stereocenters. The molecule has 1 heterocycles. The zero-order valence-electron chi connectivity index (χ0n) is 19.3. The first-order chi connectivity index (χ1) is 17.0. The topological polar surface area (TPSA) is 98.5 Å². The molecule has 1 aliphatic rings. The minimum atomic E-state index is -1.05. The van der Waals surface area contributed by atoms with E-state index < -0.39 is 30.0 Å². The van der Waals surface area contributed by atoms with Crippen LogP contribution in [-0.4, -0.2) is 82.0 Å². The average Bonchev–Trinajstić information content (AvgIpc) is 3.59. The van der Waals surface area contributed by atoms with Gasteiger partial charge >= 0.3 is 35.5 Å². The molecule has 0 aromatic heterocycles. The van der Waals surface area contributed by atoms with Crippen LogP contribution in [0.5, 0.6) is 0 Å². The van der Waals surface area contributed by atoms with E-state index in [0.717, 1.165) is 16.7 Å². The third-order valence-electron chi connectivity index (χ3n) is 6.12. The maximum atomic E-state index is 13.1. The zero-order valence-corrected chi connectivity index (χ0v) is 19.3. The molecule has 4 rings (SSSR count). The average molecular weight is 496 g/mol. The van der Waals surface area contributed by atoms with Crippen LogP contribution in [0.1, 0.15) is 16.7 Å². The molecule has 1 aliphatic heterocycles. The third kappa shape index (κ3) is 7.51. The molecule has 3 aromatic rings. The fourth-order valence-electron chi connectivity index (χ4n) is 4.25. The number of carbonyl (C=O) groups excluding carboxylic acids is 2. The van der Waals surface area contributed by atoms with Gasteiger partial charge in [0.2, 0.25) is 11.8 Å². The number of nitrogens with zero attached hydrogens (tertiary/aromatic N) is 1. The molecule has 182 valence electrons. The van der Waals surface area contributed by atoms with E-state index in [4.69, 9.17) is 0 Å². The van der Waals surface area contributed by atoms with E-state index in [-0.39, 0.29) is 35.5 Å². The Labute approximate surface area is 233 Å². The van der Waals surface area contributed by atoms with Gasteiger partial charge in [0.1, 0.15) is 18.1 Å². The van der Waals surface area contributed by atoms with Gasteiger partial charge in [-0.3, -0.25) is 19.3 Å². The van der Waals surface area contributed by atoms with Gasteiger partial charge in [0.15, 0.2) is 0 Å². The standard InChI is InChI=1S/C28H29N3O4.Na.H/c32-26(29-17-16-20-10-4-1-5-11-20)23(18-21-12-6-2-7-13-21)30-27(33)24-25(28(34)35)31(24)19-22-14-8-3-9-15-22;;/h1-15,23-25H,16-19H2,(H,29,32)(H,30,33)(H,34,35);;/t23-,24-,25-,31?;;/m0../s1. The molecule has 0 aliphatic carbocycles. The molecule has 1 fully saturated rings. The van der Waals surface area contributed by atoms with Gasteiger partial charge in [-0.25, -0.2) is 0 Å². The van der Waals surface area contributed by atoms with Crippen molar-refractivity contribution >= 4 is 47.3 Å². The molecule has 0 radical (unpaired) electrons. The quantitative estimate of drug-likeness (QED) is 0.278. The van der Waals surface area contributed by atoms with E-state index in [2.05, 4.69) is 10.6 Å². The fourth-order valence-corrected chi connectivity index (χ4v) is 4.25. The van der Waals surface area contributed by atoms with E-state index in [0.29, 0.717) is 25.9 Å². The van der Waals surface area contributed by atoms with Crippen molar-refractivity contribution in [1.29, 1.82) is 0 Å². The second kappa shape index (κ2) is 13.4. The van der Waals surface area contributed by atoms with Crippen molar-refractivity contribution in [1.82, 2.24) is 15.5 Å². The van der Waals surface area contributed by atoms with Crippen LogP contribution in [0, 0.1) is 0 Å². The Morgan fingerprint density at radius 1 is 0.778 bits per heavy atom. The summed E-state index contributed by atoms with van der Waals surface area (Å²) in [6.45, 7) is 0.786. The summed E-state index contributed by atoms with van der Waals surface area (Å²) in [6.07, 6.45) is 0.986. The number of amides is 2. The minimum absolute atomic E-state index is 0. The fraction of sp³-hybridized carbons (Fsp3) is 0.250. The van der Waals surface area contributed by atoms with Crippen LogP contribution in [0.3, 0.4) is 0 Å². The number of nitrogens with one attached hydrogen (secondary N) is 2. The van der Waals surface area contributed by atoms with E-state index in [1.54, 1.807) is 4.90 Å². The summed E-state index contributed by atoms with van der Waals surface area (Å²) in [5.41, 5.74) is 2.94. The predicted molar refractivity (Wildman–Crippen MR) is 140 cm³/mol. The molecular formula is C28H30N3NaO4. The van der Waals surface area contributed by atoms with Gasteiger partial charge in [-0.2, -0.15) is 0 Å². The van der Waals surface area contributed by atoms with Crippen molar-refractivity contribution < 1.29 is 19.5 Å².